The van der Waals surface area contributed by atoms with Crippen LogP contribution in [0.15, 0.2) is 217 Å². The van der Waals surface area contributed by atoms with Crippen molar-refractivity contribution in [1.82, 2.24) is 0 Å². The third-order valence-electron chi connectivity index (χ3n) is 10.5. The van der Waals surface area contributed by atoms with Gasteiger partial charge in [0.05, 0.1) is 5.69 Å². The second-order valence-corrected chi connectivity index (χ2v) is 13.7. The third-order valence-corrected chi connectivity index (χ3v) is 10.5. The van der Waals surface area contributed by atoms with Gasteiger partial charge in [-0.25, -0.2) is 0 Å². The fourth-order valence-corrected chi connectivity index (χ4v) is 7.80. The van der Waals surface area contributed by atoms with Gasteiger partial charge in [-0.3, -0.25) is 0 Å². The van der Waals surface area contributed by atoms with E-state index in [-0.39, 0.29) is 0 Å². The maximum Gasteiger partial charge on any atom is 0.136 e. The molecule has 1 heterocycles. The highest BCUT2D eigenvalue weighted by molar-refractivity contribution is 6.14. The first-order valence-corrected chi connectivity index (χ1v) is 18.4. The summed E-state index contributed by atoms with van der Waals surface area (Å²) < 4.78 is 6.45. The van der Waals surface area contributed by atoms with E-state index in [2.05, 4.69) is 205 Å². The normalized spacial score (nSPS) is 11.3. The number of para-hydroxylation sites is 1. The Hall–Kier alpha value is -7.16. The lowest BCUT2D eigenvalue weighted by Gasteiger charge is -2.28. The molecule has 0 aliphatic heterocycles. The van der Waals surface area contributed by atoms with Crippen LogP contribution in [0.25, 0.3) is 77.2 Å². The number of hydrogen-bond donors (Lipinski definition) is 0. The first-order chi connectivity index (χ1) is 26.8. The summed E-state index contributed by atoms with van der Waals surface area (Å²) in [6.07, 6.45) is 0. The van der Waals surface area contributed by atoms with E-state index in [1.165, 1.54) is 32.7 Å². The molecule has 0 spiro atoms. The topological polar surface area (TPSA) is 16.4 Å². The molecule has 0 fully saturated rings. The maximum absolute atomic E-state index is 6.45. The average Bonchev–Trinajstić information content (AvgIpc) is 3.69. The summed E-state index contributed by atoms with van der Waals surface area (Å²) in [6.45, 7) is 0. The van der Waals surface area contributed by atoms with E-state index in [1.54, 1.807) is 0 Å². The van der Waals surface area contributed by atoms with E-state index >= 15 is 0 Å². The van der Waals surface area contributed by atoms with Gasteiger partial charge in [-0.2, -0.15) is 0 Å². The van der Waals surface area contributed by atoms with Crippen molar-refractivity contribution in [3.8, 4) is 44.7 Å². The Kier molecular flexibility index (Phi) is 7.85. The monoisotopic (exact) mass is 689 g/mol. The fourth-order valence-electron chi connectivity index (χ4n) is 7.80. The zero-order valence-electron chi connectivity index (χ0n) is 29.6. The Labute approximate surface area is 314 Å². The van der Waals surface area contributed by atoms with Crippen LogP contribution in [0.4, 0.5) is 17.1 Å². The zero-order valence-corrected chi connectivity index (χ0v) is 29.6. The summed E-state index contributed by atoms with van der Waals surface area (Å²) in [5.41, 5.74) is 12.3. The smallest absolute Gasteiger partial charge is 0.136 e. The van der Waals surface area contributed by atoms with Gasteiger partial charge in [0.2, 0.25) is 0 Å². The van der Waals surface area contributed by atoms with E-state index in [1.807, 2.05) is 12.1 Å². The van der Waals surface area contributed by atoms with Crippen molar-refractivity contribution < 1.29 is 4.42 Å². The van der Waals surface area contributed by atoms with Crippen molar-refractivity contribution in [2.24, 2.45) is 0 Å². The first-order valence-electron chi connectivity index (χ1n) is 18.4. The van der Waals surface area contributed by atoms with Gasteiger partial charge in [-0.05, 0) is 98.1 Å². The van der Waals surface area contributed by atoms with Crippen LogP contribution < -0.4 is 4.90 Å². The second-order valence-electron chi connectivity index (χ2n) is 13.7. The molecule has 2 nitrogen and oxygen atoms in total. The van der Waals surface area contributed by atoms with Gasteiger partial charge in [0.15, 0.2) is 0 Å². The van der Waals surface area contributed by atoms with Crippen molar-refractivity contribution in [3.63, 3.8) is 0 Å². The van der Waals surface area contributed by atoms with Crippen LogP contribution in [-0.2, 0) is 0 Å². The second kappa shape index (κ2) is 13.4. The number of fused-ring (bicyclic) bond motifs is 4. The summed E-state index contributed by atoms with van der Waals surface area (Å²) in [7, 11) is 0. The van der Waals surface area contributed by atoms with E-state index in [0.717, 1.165) is 61.6 Å². The van der Waals surface area contributed by atoms with Crippen molar-refractivity contribution in [3.05, 3.63) is 212 Å². The summed E-state index contributed by atoms with van der Waals surface area (Å²) in [5, 5.41) is 6.01. The summed E-state index contributed by atoms with van der Waals surface area (Å²) in [5.74, 6) is 0.863. The fraction of sp³-hybridized carbons (Fsp3) is 0. The molecule has 254 valence electrons. The van der Waals surface area contributed by atoms with Crippen molar-refractivity contribution in [1.29, 1.82) is 0 Å². The van der Waals surface area contributed by atoms with Crippen molar-refractivity contribution in [2.75, 3.05) is 4.90 Å². The van der Waals surface area contributed by atoms with Gasteiger partial charge < -0.3 is 9.32 Å². The van der Waals surface area contributed by atoms with Crippen LogP contribution in [0.2, 0.25) is 0 Å². The number of furan rings is 1. The van der Waals surface area contributed by atoms with Crippen LogP contribution in [0.3, 0.4) is 0 Å². The SMILES string of the molecule is c1ccc(-c2ccc(N(c3ccc(-c4ccc(-c5ccccc5)c(-c5cc6ccccc6o5)c4)cc3)c3cc4ccccc4c4ccccc34)cc2)cc1. The van der Waals surface area contributed by atoms with Gasteiger partial charge in [-0.15, -0.1) is 0 Å². The minimum Gasteiger partial charge on any atom is -0.456 e. The molecule has 0 N–H and O–H groups in total. The molecule has 0 atom stereocenters. The van der Waals surface area contributed by atoms with Crippen molar-refractivity contribution in [2.45, 2.75) is 0 Å². The van der Waals surface area contributed by atoms with Gasteiger partial charge in [0.1, 0.15) is 11.3 Å². The van der Waals surface area contributed by atoms with Gasteiger partial charge in [-0.1, -0.05) is 164 Å². The molecule has 0 unspecified atom stereocenters. The Morgan fingerprint density at radius 1 is 0.315 bits per heavy atom. The minimum absolute atomic E-state index is 0.863. The molecule has 10 rings (SSSR count). The van der Waals surface area contributed by atoms with Gasteiger partial charge in [0, 0.05) is 27.7 Å². The molecule has 0 aliphatic rings. The lowest BCUT2D eigenvalue weighted by molar-refractivity contribution is 0.632. The molecule has 54 heavy (non-hydrogen) atoms. The molecule has 0 radical (unpaired) electrons. The van der Waals surface area contributed by atoms with Crippen LogP contribution in [0.1, 0.15) is 0 Å². The Bertz CT molecular complexity index is 2870. The van der Waals surface area contributed by atoms with Crippen LogP contribution in [0, 0.1) is 0 Å². The number of benzene rings is 9. The molecule has 0 amide bonds. The van der Waals surface area contributed by atoms with Crippen LogP contribution >= 0.6 is 0 Å². The number of hydrogen-bond acceptors (Lipinski definition) is 2. The lowest BCUT2D eigenvalue weighted by atomic mass is 9.93. The highest BCUT2D eigenvalue weighted by Gasteiger charge is 2.19. The molecular formula is C52H35NO. The van der Waals surface area contributed by atoms with E-state index in [9.17, 15) is 0 Å². The standard InChI is InChI=1S/C52H35NO/c1-3-13-36(14-4-1)37-23-28-43(29-24-37)53(50-34-41-17-7-9-19-45(41)47-20-10-11-21-48(47)50)44-30-25-38(26-31-44)40-27-32-46(39-15-5-2-6-16-39)49(33-40)52-35-42-18-8-12-22-51(42)54-52/h1-35H. The predicted octanol–water partition coefficient (Wildman–Crippen LogP) is 14.9. The van der Waals surface area contributed by atoms with Gasteiger partial charge in [0.25, 0.3) is 0 Å². The molecule has 1 aromatic heterocycles. The number of rotatable bonds is 7. The Morgan fingerprint density at radius 3 is 1.52 bits per heavy atom. The molecule has 0 saturated heterocycles. The summed E-state index contributed by atoms with van der Waals surface area (Å²) in [6, 6.07) is 75.9. The Morgan fingerprint density at radius 2 is 0.833 bits per heavy atom. The lowest BCUT2D eigenvalue weighted by Crippen LogP contribution is -2.10. The highest BCUT2D eigenvalue weighted by atomic mass is 16.3. The van der Waals surface area contributed by atoms with E-state index in [4.69, 9.17) is 4.42 Å². The van der Waals surface area contributed by atoms with Crippen molar-refractivity contribution >= 4 is 49.6 Å². The molecular weight excluding hydrogens is 655 g/mol. The number of nitrogens with zero attached hydrogens (tertiary/aromatic N) is 1. The minimum atomic E-state index is 0.863. The quantitative estimate of drug-likeness (QED) is 0.155. The zero-order chi connectivity index (χ0) is 35.8. The van der Waals surface area contributed by atoms with Crippen LogP contribution in [0.5, 0.6) is 0 Å². The largest absolute Gasteiger partial charge is 0.456 e. The molecule has 0 aliphatic carbocycles. The molecule has 10 aromatic rings. The Balaban J connectivity index is 1.10. The van der Waals surface area contributed by atoms with E-state index in [0.29, 0.717) is 0 Å². The first kappa shape index (κ1) is 31.6. The maximum atomic E-state index is 6.45. The molecule has 0 saturated carbocycles. The number of anilines is 3. The predicted molar refractivity (Wildman–Crippen MR) is 228 cm³/mol. The van der Waals surface area contributed by atoms with E-state index < -0.39 is 0 Å². The van der Waals surface area contributed by atoms with Gasteiger partial charge >= 0.3 is 0 Å². The molecule has 2 heteroatoms. The van der Waals surface area contributed by atoms with Crippen LogP contribution in [-0.4, -0.2) is 0 Å². The summed E-state index contributed by atoms with van der Waals surface area (Å²) >= 11 is 0. The summed E-state index contributed by atoms with van der Waals surface area (Å²) in [4.78, 5) is 2.39. The third kappa shape index (κ3) is 5.71. The average molecular weight is 690 g/mol. The molecule has 0 bridgehead atoms. The molecule has 9 aromatic carbocycles. The highest BCUT2D eigenvalue weighted by Crippen LogP contribution is 2.44.